The second kappa shape index (κ2) is 6.62. The quantitative estimate of drug-likeness (QED) is 0.449. The van der Waals surface area contributed by atoms with E-state index >= 15 is 0 Å². The highest BCUT2D eigenvalue weighted by Gasteiger charge is 2.48. The van der Waals surface area contributed by atoms with Crippen LogP contribution in [0, 0.1) is 13.8 Å². The van der Waals surface area contributed by atoms with Gasteiger partial charge in [-0.25, -0.2) is 0 Å². The highest BCUT2D eigenvalue weighted by molar-refractivity contribution is 5.48. The first kappa shape index (κ1) is 19.0. The Kier molecular flexibility index (Phi) is 4.49. The molecule has 0 heteroatoms. The second-order valence-electron chi connectivity index (χ2n) is 9.80. The van der Waals surface area contributed by atoms with Crippen molar-refractivity contribution in [1.29, 1.82) is 0 Å². The van der Waals surface area contributed by atoms with Crippen LogP contribution < -0.4 is 0 Å². The molecule has 0 spiro atoms. The molecule has 2 bridgehead atoms. The zero-order chi connectivity index (χ0) is 20.1. The number of fused-ring (bicyclic) bond motifs is 2. The van der Waals surface area contributed by atoms with E-state index < -0.39 is 0 Å². The molecule has 0 nitrogen and oxygen atoms in total. The summed E-state index contributed by atoms with van der Waals surface area (Å²) in [7, 11) is 0. The maximum atomic E-state index is 2.45. The van der Waals surface area contributed by atoms with Crippen molar-refractivity contribution in [3.05, 3.63) is 106 Å². The summed E-state index contributed by atoms with van der Waals surface area (Å²) in [6.45, 7) is 14.0. The van der Waals surface area contributed by atoms with Crippen LogP contribution in [0.3, 0.4) is 0 Å². The fraction of sp³-hybridized carbons (Fsp3) is 0.357. The number of aryl methyl sites for hydroxylation is 2. The fourth-order valence-electron chi connectivity index (χ4n) is 5.32. The van der Waals surface area contributed by atoms with Crippen LogP contribution in [-0.4, -0.2) is 0 Å². The highest BCUT2D eigenvalue weighted by Crippen LogP contribution is 2.58. The number of hydrogen-bond donors (Lipinski definition) is 0. The fourth-order valence-corrected chi connectivity index (χ4v) is 5.32. The predicted octanol–water partition coefficient (Wildman–Crippen LogP) is 7.44. The molecule has 0 aliphatic heterocycles. The Balaban J connectivity index is 1.83. The number of hydrogen-bond acceptors (Lipinski definition) is 0. The summed E-state index contributed by atoms with van der Waals surface area (Å²) in [4.78, 5) is 0. The third kappa shape index (κ3) is 3.00. The van der Waals surface area contributed by atoms with E-state index in [0.29, 0.717) is 11.8 Å². The van der Waals surface area contributed by atoms with Gasteiger partial charge in [-0.1, -0.05) is 112 Å². The molecule has 28 heavy (non-hydrogen) atoms. The molecule has 4 rings (SSSR count). The first-order valence-corrected chi connectivity index (χ1v) is 10.5. The standard InChI is InChI=1S/C28H32/c1-19-10-14-23(15-11-19)27(3,4)25-21-8-7-9-22(18-21)26(25)28(5,6)24-16-12-20(2)13-17-24/h7-18,25-26H,1-6H3. The molecule has 144 valence electrons. The molecule has 0 saturated heterocycles. The van der Waals surface area contributed by atoms with Gasteiger partial charge < -0.3 is 0 Å². The van der Waals surface area contributed by atoms with Crippen LogP contribution in [0.15, 0.2) is 72.8 Å². The van der Waals surface area contributed by atoms with E-state index in [9.17, 15) is 0 Å². The van der Waals surface area contributed by atoms with Crippen LogP contribution in [0.4, 0.5) is 0 Å². The van der Waals surface area contributed by atoms with Gasteiger partial charge >= 0.3 is 0 Å². The summed E-state index contributed by atoms with van der Waals surface area (Å²) < 4.78 is 0. The van der Waals surface area contributed by atoms with Crippen molar-refractivity contribution in [3.63, 3.8) is 0 Å². The van der Waals surface area contributed by atoms with Gasteiger partial charge in [-0.05, 0) is 46.9 Å². The molecular weight excluding hydrogens is 336 g/mol. The maximum Gasteiger partial charge on any atom is 0.000718 e. The average Bonchev–Trinajstić information content (AvgIpc) is 2.93. The Morgan fingerprint density at radius 2 is 0.893 bits per heavy atom. The van der Waals surface area contributed by atoms with Gasteiger partial charge in [0.1, 0.15) is 0 Å². The lowest BCUT2D eigenvalue weighted by Gasteiger charge is -2.44. The average molecular weight is 369 g/mol. The molecule has 0 N–H and O–H groups in total. The van der Waals surface area contributed by atoms with Crippen molar-refractivity contribution >= 4 is 0 Å². The van der Waals surface area contributed by atoms with E-state index in [4.69, 9.17) is 0 Å². The molecule has 3 aromatic rings. The van der Waals surface area contributed by atoms with Crippen LogP contribution in [0.2, 0.25) is 0 Å². The molecule has 0 amide bonds. The molecule has 2 atom stereocenters. The molecule has 1 aliphatic carbocycles. The van der Waals surface area contributed by atoms with E-state index in [1.165, 1.54) is 33.4 Å². The summed E-state index contributed by atoms with van der Waals surface area (Å²) >= 11 is 0. The van der Waals surface area contributed by atoms with Crippen molar-refractivity contribution in [2.24, 2.45) is 0 Å². The summed E-state index contributed by atoms with van der Waals surface area (Å²) in [5.41, 5.74) is 8.56. The lowest BCUT2D eigenvalue weighted by atomic mass is 9.59. The van der Waals surface area contributed by atoms with Crippen molar-refractivity contribution in [2.45, 2.75) is 64.2 Å². The predicted molar refractivity (Wildman–Crippen MR) is 120 cm³/mol. The van der Waals surface area contributed by atoms with Crippen LogP contribution >= 0.6 is 0 Å². The Morgan fingerprint density at radius 3 is 1.25 bits per heavy atom. The lowest BCUT2D eigenvalue weighted by Crippen LogP contribution is -2.37. The SMILES string of the molecule is Cc1ccc(C(C)(C)C2c3cccc(c3)C2C(C)(C)c2ccc(C)cc2)cc1. The monoisotopic (exact) mass is 368 g/mol. The van der Waals surface area contributed by atoms with E-state index in [2.05, 4.69) is 114 Å². The smallest absolute Gasteiger partial charge is 0.000718 e. The normalized spacial score (nSPS) is 19.1. The van der Waals surface area contributed by atoms with E-state index in [-0.39, 0.29) is 10.8 Å². The Bertz CT molecular complexity index is 893. The van der Waals surface area contributed by atoms with E-state index in [0.717, 1.165) is 0 Å². The van der Waals surface area contributed by atoms with Crippen LogP contribution in [-0.2, 0) is 10.8 Å². The van der Waals surface area contributed by atoms with Crippen molar-refractivity contribution < 1.29 is 0 Å². The minimum Gasteiger partial charge on any atom is -0.0617 e. The Hall–Kier alpha value is -2.34. The van der Waals surface area contributed by atoms with Crippen molar-refractivity contribution in [3.8, 4) is 0 Å². The van der Waals surface area contributed by atoms with Gasteiger partial charge in [-0.3, -0.25) is 0 Å². The molecule has 2 unspecified atom stereocenters. The first-order chi connectivity index (χ1) is 13.2. The molecule has 0 aromatic heterocycles. The molecule has 0 fully saturated rings. The van der Waals surface area contributed by atoms with Gasteiger partial charge in [0.05, 0.1) is 0 Å². The molecule has 0 heterocycles. The number of benzene rings is 3. The maximum absolute atomic E-state index is 2.45. The second-order valence-corrected chi connectivity index (χ2v) is 9.80. The molecule has 0 saturated carbocycles. The third-order valence-electron chi connectivity index (χ3n) is 7.11. The minimum atomic E-state index is 0.0520. The van der Waals surface area contributed by atoms with Gasteiger partial charge in [-0.2, -0.15) is 0 Å². The summed E-state index contributed by atoms with van der Waals surface area (Å²) in [5.74, 6) is 0.910. The van der Waals surface area contributed by atoms with Gasteiger partial charge in [0, 0.05) is 11.8 Å². The molecule has 0 radical (unpaired) electrons. The topological polar surface area (TPSA) is 0 Å². The number of rotatable bonds is 4. The zero-order valence-corrected chi connectivity index (χ0v) is 18.1. The van der Waals surface area contributed by atoms with Crippen LogP contribution in [0.1, 0.15) is 72.9 Å². The molecular formula is C28H32. The summed E-state index contributed by atoms with van der Waals surface area (Å²) in [6, 6.07) is 27.7. The van der Waals surface area contributed by atoms with Gasteiger partial charge in [-0.15, -0.1) is 0 Å². The lowest BCUT2D eigenvalue weighted by molar-refractivity contribution is 0.282. The van der Waals surface area contributed by atoms with E-state index in [1.807, 2.05) is 0 Å². The van der Waals surface area contributed by atoms with Crippen LogP contribution in [0.5, 0.6) is 0 Å². The Labute approximate surface area is 170 Å². The van der Waals surface area contributed by atoms with E-state index in [1.54, 1.807) is 0 Å². The largest absolute Gasteiger partial charge is 0.0617 e. The van der Waals surface area contributed by atoms with Crippen LogP contribution in [0.25, 0.3) is 0 Å². The van der Waals surface area contributed by atoms with Gasteiger partial charge in [0.2, 0.25) is 0 Å². The summed E-state index contributed by atoms with van der Waals surface area (Å²) in [5, 5.41) is 0. The van der Waals surface area contributed by atoms with Crippen molar-refractivity contribution in [1.82, 2.24) is 0 Å². The van der Waals surface area contributed by atoms with Gasteiger partial charge in [0.25, 0.3) is 0 Å². The highest BCUT2D eigenvalue weighted by atomic mass is 14.5. The molecule has 1 aliphatic rings. The van der Waals surface area contributed by atoms with Gasteiger partial charge in [0.15, 0.2) is 0 Å². The zero-order valence-electron chi connectivity index (χ0n) is 18.1. The minimum absolute atomic E-state index is 0.0520. The third-order valence-corrected chi connectivity index (χ3v) is 7.11. The molecule has 3 aromatic carbocycles. The first-order valence-electron chi connectivity index (χ1n) is 10.5. The van der Waals surface area contributed by atoms with Crippen molar-refractivity contribution in [2.75, 3.05) is 0 Å². The summed E-state index contributed by atoms with van der Waals surface area (Å²) in [6.07, 6.45) is 0. The Morgan fingerprint density at radius 1 is 0.536 bits per heavy atom.